The van der Waals surface area contributed by atoms with Crippen LogP contribution in [0.4, 0.5) is 0 Å². The number of rotatable bonds is 3. The topological polar surface area (TPSA) is 69.3 Å². The van der Waals surface area contributed by atoms with Crippen LogP contribution in [0, 0.1) is 11.3 Å². The lowest BCUT2D eigenvalue weighted by molar-refractivity contribution is -0.140. The maximum Gasteiger partial charge on any atom is 0.254 e. The first-order valence-electron chi connectivity index (χ1n) is 11.5. The number of fused-ring (bicyclic) bond motifs is 1. The van der Waals surface area contributed by atoms with Crippen molar-refractivity contribution in [1.29, 1.82) is 0 Å². The van der Waals surface area contributed by atoms with Crippen LogP contribution >= 0.6 is 0 Å². The molecule has 1 aliphatic carbocycles. The van der Waals surface area contributed by atoms with Gasteiger partial charge < -0.3 is 9.88 Å². The summed E-state index contributed by atoms with van der Waals surface area (Å²) in [6, 6.07) is -0.103. The van der Waals surface area contributed by atoms with E-state index in [0.29, 0.717) is 5.82 Å². The van der Waals surface area contributed by atoms with Crippen molar-refractivity contribution in [3.63, 3.8) is 0 Å². The maximum atomic E-state index is 12.9. The predicted molar refractivity (Wildman–Crippen MR) is 114 cm³/mol. The summed E-state index contributed by atoms with van der Waals surface area (Å²) in [4.78, 5) is 38.1. The second-order valence-electron chi connectivity index (χ2n) is 10.3. The van der Waals surface area contributed by atoms with Crippen LogP contribution in [0.1, 0.15) is 88.8 Å². The highest BCUT2D eigenvalue weighted by Gasteiger charge is 2.37. The quantitative estimate of drug-likeness (QED) is 0.844. The molecular weight excluding hydrogens is 364 g/mol. The molecule has 0 spiro atoms. The molecule has 3 aliphatic rings. The summed E-state index contributed by atoms with van der Waals surface area (Å²) in [5.41, 5.74) is 1.35. The van der Waals surface area contributed by atoms with Crippen molar-refractivity contribution in [2.75, 3.05) is 19.6 Å². The van der Waals surface area contributed by atoms with Crippen molar-refractivity contribution in [3.05, 3.63) is 27.4 Å². The Morgan fingerprint density at radius 3 is 2.59 bits per heavy atom. The van der Waals surface area contributed by atoms with Crippen LogP contribution in [0.5, 0.6) is 0 Å². The van der Waals surface area contributed by atoms with Crippen molar-refractivity contribution < 1.29 is 4.79 Å². The van der Waals surface area contributed by atoms with Crippen LogP contribution < -0.4 is 5.56 Å². The van der Waals surface area contributed by atoms with Gasteiger partial charge in [0.05, 0.1) is 11.7 Å². The molecule has 1 atom stereocenters. The zero-order valence-electron chi connectivity index (χ0n) is 18.3. The predicted octanol–water partition coefficient (Wildman–Crippen LogP) is 3.42. The highest BCUT2D eigenvalue weighted by molar-refractivity contribution is 5.82. The molecule has 29 heavy (non-hydrogen) atoms. The van der Waals surface area contributed by atoms with Crippen LogP contribution in [0.3, 0.4) is 0 Å². The summed E-state index contributed by atoms with van der Waals surface area (Å²) in [6.45, 7) is 9.45. The molecule has 1 saturated carbocycles. The van der Waals surface area contributed by atoms with E-state index in [0.717, 1.165) is 62.6 Å². The molecule has 0 radical (unpaired) electrons. The van der Waals surface area contributed by atoms with E-state index in [9.17, 15) is 9.59 Å². The molecule has 0 bridgehead atoms. The van der Waals surface area contributed by atoms with E-state index in [2.05, 4.69) is 9.88 Å². The van der Waals surface area contributed by atoms with Crippen LogP contribution in [0.15, 0.2) is 4.79 Å². The molecular formula is C23H36N4O2. The molecule has 1 aromatic heterocycles. The normalized spacial score (nSPS) is 24.0. The van der Waals surface area contributed by atoms with Crippen molar-refractivity contribution in [3.8, 4) is 0 Å². The van der Waals surface area contributed by atoms with Gasteiger partial charge in [-0.2, -0.15) is 0 Å². The molecule has 2 aliphatic heterocycles. The Kier molecular flexibility index (Phi) is 5.83. The van der Waals surface area contributed by atoms with Crippen molar-refractivity contribution >= 4 is 5.91 Å². The van der Waals surface area contributed by atoms with Crippen LogP contribution in [-0.2, 0) is 17.8 Å². The van der Waals surface area contributed by atoms with Gasteiger partial charge in [0.25, 0.3) is 5.56 Å². The minimum absolute atomic E-state index is 0.00243. The third-order valence-electron chi connectivity index (χ3n) is 6.88. The smallest absolute Gasteiger partial charge is 0.254 e. The van der Waals surface area contributed by atoms with Gasteiger partial charge in [0.1, 0.15) is 5.82 Å². The standard InChI is InChI=1S/C23H36N4O2/c1-23(2,3)22(29)27-12-7-10-19(27)20-24-18-15-26(13-11-17(18)21(28)25-20)14-16-8-5-4-6-9-16/h16,19H,4-15H2,1-3H3,(H,24,25,28)/t19-/m1/s1. The van der Waals surface area contributed by atoms with E-state index in [4.69, 9.17) is 4.98 Å². The number of nitrogens with one attached hydrogen (secondary N) is 1. The molecule has 3 heterocycles. The first-order chi connectivity index (χ1) is 13.8. The first kappa shape index (κ1) is 20.6. The van der Waals surface area contributed by atoms with Gasteiger partial charge in [-0.25, -0.2) is 4.98 Å². The highest BCUT2D eigenvalue weighted by Crippen LogP contribution is 2.34. The lowest BCUT2D eigenvalue weighted by Crippen LogP contribution is -2.41. The van der Waals surface area contributed by atoms with E-state index in [1.54, 1.807) is 0 Å². The summed E-state index contributed by atoms with van der Waals surface area (Å²) in [5, 5.41) is 0. The van der Waals surface area contributed by atoms with Crippen LogP contribution in [0.25, 0.3) is 0 Å². The molecule has 4 rings (SSSR count). The van der Waals surface area contributed by atoms with Gasteiger partial charge in [-0.3, -0.25) is 14.5 Å². The number of likely N-dealkylation sites (tertiary alicyclic amines) is 1. The van der Waals surface area contributed by atoms with Gasteiger partial charge in [-0.15, -0.1) is 0 Å². The largest absolute Gasteiger partial charge is 0.332 e. The van der Waals surface area contributed by atoms with Crippen molar-refractivity contribution in [2.24, 2.45) is 11.3 Å². The van der Waals surface area contributed by atoms with E-state index in [1.165, 1.54) is 32.1 Å². The number of hydrogen-bond acceptors (Lipinski definition) is 4. The summed E-state index contributed by atoms with van der Waals surface area (Å²) in [7, 11) is 0. The van der Waals surface area contributed by atoms with Crippen molar-refractivity contribution in [1.82, 2.24) is 19.8 Å². The fraction of sp³-hybridized carbons (Fsp3) is 0.783. The molecule has 0 aromatic carbocycles. The van der Waals surface area contributed by atoms with Crippen LogP contribution in [0.2, 0.25) is 0 Å². The zero-order valence-corrected chi connectivity index (χ0v) is 18.3. The zero-order chi connectivity index (χ0) is 20.6. The van der Waals surface area contributed by atoms with Gasteiger partial charge in [0, 0.05) is 37.2 Å². The second-order valence-corrected chi connectivity index (χ2v) is 10.3. The summed E-state index contributed by atoms with van der Waals surface area (Å²) in [6.07, 6.45) is 9.38. The molecule has 1 aromatic rings. The number of amides is 1. The Hall–Kier alpha value is -1.69. The molecule has 6 heteroatoms. The van der Waals surface area contributed by atoms with Gasteiger partial charge in [0.2, 0.25) is 5.91 Å². The van der Waals surface area contributed by atoms with E-state index < -0.39 is 5.41 Å². The Labute approximate surface area is 174 Å². The van der Waals surface area contributed by atoms with E-state index in [-0.39, 0.29) is 17.5 Å². The molecule has 160 valence electrons. The van der Waals surface area contributed by atoms with Crippen LogP contribution in [-0.4, -0.2) is 45.3 Å². The third-order valence-corrected chi connectivity index (χ3v) is 6.88. The second kappa shape index (κ2) is 8.21. The number of carbonyl (C=O) groups is 1. The SMILES string of the molecule is CC(C)(C)C(=O)N1CCC[C@@H]1c1nc2c(c(=O)[nH]1)CCN(CC1CCCCC1)C2. The average molecular weight is 401 g/mol. The summed E-state index contributed by atoms with van der Waals surface area (Å²) in [5.74, 6) is 1.61. The van der Waals surface area contributed by atoms with Crippen molar-refractivity contribution in [2.45, 2.75) is 84.7 Å². The number of hydrogen-bond donors (Lipinski definition) is 1. The third kappa shape index (κ3) is 4.42. The fourth-order valence-corrected chi connectivity index (χ4v) is 5.29. The van der Waals surface area contributed by atoms with Gasteiger partial charge in [0.15, 0.2) is 0 Å². The lowest BCUT2D eigenvalue weighted by Gasteiger charge is -2.33. The number of aromatic nitrogens is 2. The molecule has 1 N–H and O–H groups in total. The minimum Gasteiger partial charge on any atom is -0.332 e. The van der Waals surface area contributed by atoms with Gasteiger partial charge >= 0.3 is 0 Å². The Morgan fingerprint density at radius 1 is 1.10 bits per heavy atom. The lowest BCUT2D eigenvalue weighted by atomic mass is 9.88. The summed E-state index contributed by atoms with van der Waals surface area (Å²) >= 11 is 0. The highest BCUT2D eigenvalue weighted by atomic mass is 16.2. The Bertz CT molecular complexity index is 804. The molecule has 1 saturated heterocycles. The number of H-pyrrole nitrogens is 1. The Morgan fingerprint density at radius 2 is 1.86 bits per heavy atom. The Balaban J connectivity index is 1.53. The van der Waals surface area contributed by atoms with E-state index >= 15 is 0 Å². The fourth-order valence-electron chi connectivity index (χ4n) is 5.29. The van der Waals surface area contributed by atoms with Gasteiger partial charge in [-0.05, 0) is 38.0 Å². The maximum absolute atomic E-state index is 12.9. The average Bonchev–Trinajstić information content (AvgIpc) is 3.17. The first-order valence-corrected chi connectivity index (χ1v) is 11.5. The number of carbonyl (C=O) groups excluding carboxylic acids is 1. The van der Waals surface area contributed by atoms with E-state index in [1.807, 2.05) is 25.7 Å². The van der Waals surface area contributed by atoms with Gasteiger partial charge in [-0.1, -0.05) is 40.0 Å². The number of aromatic amines is 1. The molecule has 0 unspecified atom stereocenters. The summed E-state index contributed by atoms with van der Waals surface area (Å²) < 4.78 is 0. The molecule has 1 amide bonds. The minimum atomic E-state index is -0.423. The monoisotopic (exact) mass is 400 g/mol. The molecule has 6 nitrogen and oxygen atoms in total. The number of nitrogens with zero attached hydrogens (tertiary/aromatic N) is 3. The molecule has 2 fully saturated rings.